The van der Waals surface area contributed by atoms with Gasteiger partial charge in [-0.1, -0.05) is 37.3 Å². The van der Waals surface area contributed by atoms with Crippen LogP contribution in [0.15, 0.2) is 66.1 Å². The van der Waals surface area contributed by atoms with Gasteiger partial charge in [-0.25, -0.2) is 13.1 Å². The van der Waals surface area contributed by atoms with Crippen LogP contribution in [0.3, 0.4) is 0 Å². The van der Waals surface area contributed by atoms with Crippen molar-refractivity contribution in [1.29, 1.82) is 0 Å². The van der Waals surface area contributed by atoms with Crippen molar-refractivity contribution in [3.05, 3.63) is 77.9 Å². The Balaban J connectivity index is 2.07. The Labute approximate surface area is 155 Å². The zero-order chi connectivity index (χ0) is 19.2. The molecule has 5 nitrogen and oxygen atoms in total. The molecule has 2 aromatic rings. The van der Waals surface area contributed by atoms with E-state index >= 15 is 0 Å². The molecule has 0 saturated carbocycles. The topological polar surface area (TPSA) is 66.5 Å². The van der Waals surface area contributed by atoms with Crippen LogP contribution in [0.25, 0.3) is 0 Å². The molecule has 2 rings (SSSR count). The van der Waals surface area contributed by atoms with E-state index in [0.29, 0.717) is 12.1 Å². The number of rotatable bonds is 8. The average Bonchev–Trinajstić information content (AvgIpc) is 2.66. The lowest BCUT2D eigenvalue weighted by atomic mass is 10.1. The molecule has 0 heterocycles. The van der Waals surface area contributed by atoms with E-state index in [4.69, 9.17) is 0 Å². The van der Waals surface area contributed by atoms with Crippen LogP contribution in [0, 0.1) is 0 Å². The molecule has 1 N–H and O–H groups in total. The molecule has 0 bridgehead atoms. The molecule has 0 aliphatic heterocycles. The Morgan fingerprint density at radius 1 is 1.08 bits per heavy atom. The fourth-order valence-corrected chi connectivity index (χ4v) is 3.47. The molecule has 0 radical (unpaired) electrons. The van der Waals surface area contributed by atoms with E-state index in [9.17, 15) is 13.2 Å². The van der Waals surface area contributed by atoms with Crippen molar-refractivity contribution in [1.82, 2.24) is 9.62 Å². The molecule has 0 aromatic heterocycles. The number of aryl methyl sites for hydroxylation is 1. The van der Waals surface area contributed by atoms with Gasteiger partial charge in [0.25, 0.3) is 5.91 Å². The Hall–Kier alpha value is -2.44. The lowest BCUT2D eigenvalue weighted by molar-refractivity contribution is 0.0785. The molecule has 6 heteroatoms. The number of hydrogen-bond donors (Lipinski definition) is 1. The first kappa shape index (κ1) is 19.9. The second kappa shape index (κ2) is 8.78. The van der Waals surface area contributed by atoms with E-state index in [0.717, 1.165) is 12.0 Å². The van der Waals surface area contributed by atoms with Crippen molar-refractivity contribution in [3.8, 4) is 0 Å². The second-order valence-electron chi connectivity index (χ2n) is 6.00. The highest BCUT2D eigenvalue weighted by atomic mass is 32.2. The lowest BCUT2D eigenvalue weighted by Crippen LogP contribution is -2.26. The van der Waals surface area contributed by atoms with E-state index in [1.54, 1.807) is 11.9 Å². The van der Waals surface area contributed by atoms with Crippen molar-refractivity contribution < 1.29 is 13.2 Å². The minimum atomic E-state index is -3.59. The number of carbonyl (C=O) groups excluding carboxylic acids is 1. The highest BCUT2D eigenvalue weighted by Crippen LogP contribution is 2.14. The molecule has 0 aliphatic carbocycles. The maximum Gasteiger partial charge on any atom is 0.253 e. The maximum atomic E-state index is 12.6. The summed E-state index contributed by atoms with van der Waals surface area (Å²) in [6, 6.07) is 14.1. The molecule has 0 spiro atoms. The fraction of sp³-hybridized carbons (Fsp3) is 0.250. The number of benzene rings is 2. The lowest BCUT2D eigenvalue weighted by Gasteiger charge is -2.18. The summed E-state index contributed by atoms with van der Waals surface area (Å²) >= 11 is 0. The first-order chi connectivity index (χ1) is 12.4. The van der Waals surface area contributed by atoms with Crippen molar-refractivity contribution in [2.45, 2.75) is 24.8 Å². The standard InChI is InChI=1S/C20H24N2O3S/c1-4-14-21-26(24,25)19-12-10-18(11-13-19)20(23)22(3)15-17-8-6-16(5-2)7-9-17/h4,6-13,21H,1,5,14-15H2,2-3H3. The molecule has 0 saturated heterocycles. The van der Waals surface area contributed by atoms with E-state index < -0.39 is 10.0 Å². The third-order valence-corrected chi connectivity index (χ3v) is 5.47. The maximum absolute atomic E-state index is 12.6. The quantitative estimate of drug-likeness (QED) is 0.725. The van der Waals surface area contributed by atoms with Crippen LogP contribution in [-0.2, 0) is 23.0 Å². The SMILES string of the molecule is C=CCNS(=O)(=O)c1ccc(C(=O)N(C)Cc2ccc(CC)cc2)cc1. The van der Waals surface area contributed by atoms with Crippen LogP contribution in [0.2, 0.25) is 0 Å². The van der Waals surface area contributed by atoms with Gasteiger partial charge in [0.05, 0.1) is 4.90 Å². The second-order valence-corrected chi connectivity index (χ2v) is 7.76. The van der Waals surface area contributed by atoms with Crippen LogP contribution in [-0.4, -0.2) is 32.8 Å². The summed E-state index contributed by atoms with van der Waals surface area (Å²) in [6.07, 6.45) is 2.45. The monoisotopic (exact) mass is 372 g/mol. The van der Waals surface area contributed by atoms with Gasteiger partial charge in [0, 0.05) is 25.7 Å². The zero-order valence-corrected chi connectivity index (χ0v) is 15.9. The van der Waals surface area contributed by atoms with Crippen molar-refractivity contribution >= 4 is 15.9 Å². The summed E-state index contributed by atoms with van der Waals surface area (Å²) in [5.74, 6) is -0.160. The predicted octanol–water partition coefficient (Wildman–Crippen LogP) is 2.99. The average molecular weight is 372 g/mol. The molecular formula is C20H24N2O3S. The van der Waals surface area contributed by atoms with Gasteiger partial charge in [-0.2, -0.15) is 0 Å². The van der Waals surface area contributed by atoms with Crippen molar-refractivity contribution in [3.63, 3.8) is 0 Å². The van der Waals surface area contributed by atoms with E-state index in [1.807, 2.05) is 12.1 Å². The predicted molar refractivity (Wildman–Crippen MR) is 103 cm³/mol. The number of hydrogen-bond acceptors (Lipinski definition) is 3. The van der Waals surface area contributed by atoms with Gasteiger partial charge in [-0.05, 0) is 41.8 Å². The van der Waals surface area contributed by atoms with Gasteiger partial charge < -0.3 is 4.90 Å². The van der Waals surface area contributed by atoms with E-state index in [1.165, 1.54) is 35.9 Å². The van der Waals surface area contributed by atoms with Crippen LogP contribution >= 0.6 is 0 Å². The number of nitrogens with zero attached hydrogens (tertiary/aromatic N) is 1. The number of amides is 1. The molecule has 138 valence electrons. The van der Waals surface area contributed by atoms with Crippen LogP contribution < -0.4 is 4.72 Å². The minimum absolute atomic E-state index is 0.119. The summed E-state index contributed by atoms with van der Waals surface area (Å²) in [5, 5.41) is 0. The van der Waals surface area contributed by atoms with Gasteiger partial charge >= 0.3 is 0 Å². The highest BCUT2D eigenvalue weighted by Gasteiger charge is 2.16. The first-order valence-corrected chi connectivity index (χ1v) is 9.89. The summed E-state index contributed by atoms with van der Waals surface area (Å²) in [6.45, 7) is 6.22. The number of carbonyl (C=O) groups is 1. The molecule has 0 aliphatic rings. The van der Waals surface area contributed by atoms with Crippen molar-refractivity contribution in [2.75, 3.05) is 13.6 Å². The molecule has 0 fully saturated rings. The molecule has 0 atom stereocenters. The largest absolute Gasteiger partial charge is 0.337 e. The van der Waals surface area contributed by atoms with Crippen LogP contribution in [0.5, 0.6) is 0 Å². The molecule has 26 heavy (non-hydrogen) atoms. The number of nitrogens with one attached hydrogen (secondary N) is 1. The molecule has 0 unspecified atom stereocenters. The Morgan fingerprint density at radius 2 is 1.65 bits per heavy atom. The first-order valence-electron chi connectivity index (χ1n) is 8.41. The Kier molecular flexibility index (Phi) is 6.71. The number of sulfonamides is 1. The van der Waals surface area contributed by atoms with Gasteiger partial charge in [0.1, 0.15) is 0 Å². The molecule has 1 amide bonds. The van der Waals surface area contributed by atoms with Gasteiger partial charge in [-0.3, -0.25) is 4.79 Å². The van der Waals surface area contributed by atoms with Gasteiger partial charge in [-0.15, -0.1) is 6.58 Å². The highest BCUT2D eigenvalue weighted by molar-refractivity contribution is 7.89. The summed E-state index contributed by atoms with van der Waals surface area (Å²) < 4.78 is 26.5. The fourth-order valence-electron chi connectivity index (χ4n) is 2.48. The Morgan fingerprint density at radius 3 is 2.19 bits per heavy atom. The third-order valence-electron chi connectivity index (χ3n) is 4.03. The minimum Gasteiger partial charge on any atom is -0.337 e. The van der Waals surface area contributed by atoms with Gasteiger partial charge in [0.15, 0.2) is 0 Å². The smallest absolute Gasteiger partial charge is 0.253 e. The summed E-state index contributed by atoms with van der Waals surface area (Å²) in [7, 11) is -1.86. The third kappa shape index (κ3) is 5.03. The van der Waals surface area contributed by atoms with Crippen molar-refractivity contribution in [2.24, 2.45) is 0 Å². The molecular weight excluding hydrogens is 348 g/mol. The van der Waals surface area contributed by atoms with Gasteiger partial charge in [0.2, 0.25) is 10.0 Å². The Bertz CT molecular complexity index is 857. The normalized spacial score (nSPS) is 11.2. The summed E-state index contributed by atoms with van der Waals surface area (Å²) in [4.78, 5) is 14.3. The van der Waals surface area contributed by atoms with Crippen LogP contribution in [0.1, 0.15) is 28.4 Å². The molecule has 2 aromatic carbocycles. The van der Waals surface area contributed by atoms with Crippen LogP contribution in [0.4, 0.5) is 0 Å². The zero-order valence-electron chi connectivity index (χ0n) is 15.1. The summed E-state index contributed by atoms with van der Waals surface area (Å²) in [5.41, 5.74) is 2.75. The van der Waals surface area contributed by atoms with E-state index in [2.05, 4.69) is 30.4 Å². The van der Waals surface area contributed by atoms with E-state index in [-0.39, 0.29) is 17.3 Å².